The maximum absolute atomic E-state index is 11.0. The largest absolute Gasteiger partial charge is 0.453 e. The van der Waals surface area contributed by atoms with Crippen molar-refractivity contribution in [2.45, 2.75) is 0 Å². The lowest BCUT2D eigenvalue weighted by atomic mass is 10.4. The molecule has 2 N–H and O–H groups in total. The minimum absolute atomic E-state index is 0.257. The Morgan fingerprint density at radius 1 is 0.963 bits per heavy atom. The van der Waals surface area contributed by atoms with Gasteiger partial charge in [0.2, 0.25) is 5.91 Å². The van der Waals surface area contributed by atoms with Crippen molar-refractivity contribution in [2.75, 3.05) is 47.6 Å². The molecule has 0 aromatic carbocycles. The molecular formula is C16H23N3O8. The monoisotopic (exact) mass is 385 g/mol. The Kier molecular flexibility index (Phi) is 12.6. The Labute approximate surface area is 156 Å². The number of nitrogens with zero attached hydrogens (tertiary/aromatic N) is 1. The summed E-state index contributed by atoms with van der Waals surface area (Å²) in [7, 11) is 4.16. The van der Waals surface area contributed by atoms with E-state index in [4.69, 9.17) is 9.47 Å². The van der Waals surface area contributed by atoms with Gasteiger partial charge in [0.05, 0.1) is 26.9 Å². The Morgan fingerprint density at radius 2 is 1.52 bits per heavy atom. The fourth-order valence-electron chi connectivity index (χ4n) is 1.51. The van der Waals surface area contributed by atoms with E-state index in [0.717, 1.165) is 24.2 Å². The second kappa shape index (κ2) is 14.2. The molecule has 0 bridgehead atoms. The van der Waals surface area contributed by atoms with Gasteiger partial charge in [-0.1, -0.05) is 0 Å². The molecule has 1 aliphatic heterocycles. The van der Waals surface area contributed by atoms with Crippen LogP contribution in [0.2, 0.25) is 0 Å². The van der Waals surface area contributed by atoms with Crippen LogP contribution < -0.4 is 10.6 Å². The first-order chi connectivity index (χ1) is 12.8. The standard InChI is InChI=1S/C9H14N2O5.C7H9NO3/c1-15-6-5-10-7(12)3-4-8(13)11-9(14)16-2;1-11-5-4-8-6(9)2-3-7(8)10/h3-4H,5-6H2,1-2H3,(H,10,12)(H,11,13,14);2-3H,4-5H2,1H3. The van der Waals surface area contributed by atoms with Gasteiger partial charge in [0, 0.05) is 45.1 Å². The van der Waals surface area contributed by atoms with Gasteiger partial charge in [0.1, 0.15) is 0 Å². The summed E-state index contributed by atoms with van der Waals surface area (Å²) in [4.78, 5) is 55.4. The summed E-state index contributed by atoms with van der Waals surface area (Å²) < 4.78 is 13.6. The van der Waals surface area contributed by atoms with Crippen LogP contribution in [0.25, 0.3) is 0 Å². The number of methoxy groups -OCH3 is 3. The Balaban J connectivity index is 0.000000533. The van der Waals surface area contributed by atoms with E-state index in [1.807, 2.05) is 5.32 Å². The molecule has 0 saturated heterocycles. The van der Waals surface area contributed by atoms with Crippen molar-refractivity contribution in [2.24, 2.45) is 0 Å². The minimum atomic E-state index is -0.880. The fraction of sp³-hybridized carbons (Fsp3) is 0.438. The third-order valence-corrected chi connectivity index (χ3v) is 2.82. The maximum atomic E-state index is 11.0. The number of nitrogens with one attached hydrogen (secondary N) is 2. The molecule has 0 unspecified atom stereocenters. The van der Waals surface area contributed by atoms with Crippen molar-refractivity contribution in [3.8, 4) is 0 Å². The number of rotatable bonds is 8. The number of carbonyl (C=O) groups is 5. The zero-order chi connectivity index (χ0) is 20.7. The van der Waals surface area contributed by atoms with E-state index in [0.29, 0.717) is 26.3 Å². The lowest BCUT2D eigenvalue weighted by Gasteiger charge is -2.11. The van der Waals surface area contributed by atoms with Crippen LogP contribution in [0.5, 0.6) is 0 Å². The van der Waals surface area contributed by atoms with Crippen LogP contribution in [0.1, 0.15) is 0 Å². The van der Waals surface area contributed by atoms with Gasteiger partial charge in [-0.15, -0.1) is 0 Å². The van der Waals surface area contributed by atoms with Gasteiger partial charge in [-0.25, -0.2) is 4.79 Å². The van der Waals surface area contributed by atoms with E-state index in [-0.39, 0.29) is 11.8 Å². The number of ether oxygens (including phenoxy) is 3. The predicted octanol–water partition coefficient (Wildman–Crippen LogP) is -1.25. The summed E-state index contributed by atoms with van der Waals surface area (Å²) in [5.41, 5.74) is 0. The number of amides is 5. The number of imide groups is 2. The second-order valence-electron chi connectivity index (χ2n) is 4.75. The summed E-state index contributed by atoms with van der Waals surface area (Å²) in [6.07, 6.45) is 3.58. The van der Waals surface area contributed by atoms with Crippen LogP contribution in [0.15, 0.2) is 24.3 Å². The minimum Gasteiger partial charge on any atom is -0.453 e. The molecule has 27 heavy (non-hydrogen) atoms. The first-order valence-corrected chi connectivity index (χ1v) is 7.72. The molecule has 0 saturated carbocycles. The van der Waals surface area contributed by atoms with Gasteiger partial charge < -0.3 is 19.5 Å². The smallest absolute Gasteiger partial charge is 0.413 e. The third kappa shape index (κ3) is 11.2. The molecule has 0 atom stereocenters. The summed E-state index contributed by atoms with van der Waals surface area (Å²) >= 11 is 0. The highest BCUT2D eigenvalue weighted by Crippen LogP contribution is 2.01. The molecule has 0 aromatic rings. The Hall–Kier alpha value is -3.05. The van der Waals surface area contributed by atoms with E-state index >= 15 is 0 Å². The van der Waals surface area contributed by atoms with Crippen LogP contribution in [0.3, 0.4) is 0 Å². The molecule has 1 aliphatic rings. The third-order valence-electron chi connectivity index (χ3n) is 2.82. The molecule has 0 fully saturated rings. The predicted molar refractivity (Wildman–Crippen MR) is 92.3 cm³/mol. The molecule has 11 heteroatoms. The summed E-state index contributed by atoms with van der Waals surface area (Å²) in [6, 6.07) is 0. The Morgan fingerprint density at radius 3 is 2.04 bits per heavy atom. The first-order valence-electron chi connectivity index (χ1n) is 7.72. The topological polar surface area (TPSA) is 140 Å². The molecule has 0 radical (unpaired) electrons. The summed E-state index contributed by atoms with van der Waals surface area (Å²) in [5, 5.41) is 4.32. The second-order valence-corrected chi connectivity index (χ2v) is 4.75. The highest BCUT2D eigenvalue weighted by atomic mass is 16.5. The van der Waals surface area contributed by atoms with Crippen LogP contribution in [0.4, 0.5) is 4.79 Å². The normalized spacial score (nSPS) is 12.6. The molecule has 150 valence electrons. The number of alkyl carbamates (subject to hydrolysis) is 1. The van der Waals surface area contributed by atoms with Crippen LogP contribution in [-0.2, 0) is 33.4 Å². The number of hydrogen-bond donors (Lipinski definition) is 2. The van der Waals surface area contributed by atoms with E-state index in [9.17, 15) is 24.0 Å². The molecular weight excluding hydrogens is 362 g/mol. The van der Waals surface area contributed by atoms with E-state index in [2.05, 4.69) is 10.1 Å². The van der Waals surface area contributed by atoms with Gasteiger partial charge >= 0.3 is 6.09 Å². The van der Waals surface area contributed by atoms with Gasteiger partial charge in [-0.2, -0.15) is 0 Å². The van der Waals surface area contributed by atoms with Crippen molar-refractivity contribution in [3.63, 3.8) is 0 Å². The van der Waals surface area contributed by atoms with Gasteiger partial charge in [0.25, 0.3) is 17.7 Å². The molecule has 0 aromatic heterocycles. The van der Waals surface area contributed by atoms with Crippen LogP contribution in [0, 0.1) is 0 Å². The lowest BCUT2D eigenvalue weighted by molar-refractivity contribution is -0.137. The summed E-state index contributed by atoms with van der Waals surface area (Å²) in [5.74, 6) is -1.69. The maximum Gasteiger partial charge on any atom is 0.413 e. The average molecular weight is 385 g/mol. The molecule has 0 aliphatic carbocycles. The molecule has 5 amide bonds. The zero-order valence-corrected chi connectivity index (χ0v) is 15.4. The molecule has 1 rings (SSSR count). The molecule has 1 heterocycles. The zero-order valence-electron chi connectivity index (χ0n) is 15.4. The van der Waals surface area contributed by atoms with Gasteiger partial charge in [-0.3, -0.25) is 29.4 Å². The van der Waals surface area contributed by atoms with Crippen molar-refractivity contribution in [1.82, 2.24) is 15.5 Å². The van der Waals surface area contributed by atoms with E-state index in [1.54, 1.807) is 0 Å². The molecule has 11 nitrogen and oxygen atoms in total. The SMILES string of the molecule is COCCN1C(=O)C=CC1=O.COCCNC(=O)C=CC(=O)NC(=O)OC. The van der Waals surface area contributed by atoms with E-state index < -0.39 is 17.9 Å². The molecule has 0 spiro atoms. The fourth-order valence-corrected chi connectivity index (χ4v) is 1.51. The highest BCUT2D eigenvalue weighted by molar-refractivity contribution is 6.12. The number of hydrogen-bond acceptors (Lipinski definition) is 8. The summed E-state index contributed by atoms with van der Waals surface area (Å²) in [6.45, 7) is 1.45. The average Bonchev–Trinajstić information content (AvgIpc) is 2.96. The van der Waals surface area contributed by atoms with Gasteiger partial charge in [-0.05, 0) is 0 Å². The Bertz CT molecular complexity index is 582. The van der Waals surface area contributed by atoms with Crippen LogP contribution >= 0.6 is 0 Å². The van der Waals surface area contributed by atoms with Crippen molar-refractivity contribution in [1.29, 1.82) is 0 Å². The highest BCUT2D eigenvalue weighted by Gasteiger charge is 2.22. The first kappa shape index (κ1) is 23.9. The lowest BCUT2D eigenvalue weighted by Crippen LogP contribution is -2.32. The van der Waals surface area contributed by atoms with Crippen molar-refractivity contribution >= 4 is 29.7 Å². The van der Waals surface area contributed by atoms with Crippen molar-refractivity contribution in [3.05, 3.63) is 24.3 Å². The number of carbonyl (C=O) groups excluding carboxylic acids is 5. The van der Waals surface area contributed by atoms with E-state index in [1.165, 1.54) is 26.4 Å². The van der Waals surface area contributed by atoms with Gasteiger partial charge in [0.15, 0.2) is 0 Å². The van der Waals surface area contributed by atoms with Crippen LogP contribution in [-0.4, -0.2) is 82.3 Å². The van der Waals surface area contributed by atoms with Crippen molar-refractivity contribution < 1.29 is 38.2 Å². The quantitative estimate of drug-likeness (QED) is 0.300.